The van der Waals surface area contributed by atoms with Gasteiger partial charge in [0.25, 0.3) is 5.56 Å². The number of amides is 1. The molecular formula is C22H16F5N5O4S. The molecule has 3 heterocycles. The predicted molar refractivity (Wildman–Crippen MR) is 124 cm³/mol. The van der Waals surface area contributed by atoms with Crippen LogP contribution >= 0.6 is 11.3 Å². The minimum Gasteiger partial charge on any atom is -0.478 e. The van der Waals surface area contributed by atoms with E-state index in [0.717, 1.165) is 28.0 Å². The number of fused-ring (bicyclic) bond motifs is 1. The van der Waals surface area contributed by atoms with Crippen LogP contribution in [0.15, 0.2) is 39.4 Å². The fourth-order valence-electron chi connectivity index (χ4n) is 3.50. The maximum atomic E-state index is 14.2. The third-order valence-electron chi connectivity index (χ3n) is 5.21. The maximum absolute atomic E-state index is 14.2. The highest BCUT2D eigenvalue weighted by molar-refractivity contribution is 7.14. The van der Waals surface area contributed by atoms with E-state index in [1.54, 1.807) is 0 Å². The van der Waals surface area contributed by atoms with Gasteiger partial charge in [-0.15, -0.1) is 11.3 Å². The molecule has 0 radical (unpaired) electrons. The summed E-state index contributed by atoms with van der Waals surface area (Å²) in [5, 5.41) is 4.03. The van der Waals surface area contributed by atoms with Gasteiger partial charge >= 0.3 is 11.9 Å². The Hall–Kier alpha value is -4.14. The second kappa shape index (κ2) is 9.72. The van der Waals surface area contributed by atoms with Crippen LogP contribution in [0.4, 0.5) is 27.1 Å². The average molecular weight is 541 g/mol. The molecule has 37 heavy (non-hydrogen) atoms. The molecule has 1 aromatic carbocycles. The number of alkyl halides is 3. The second-order valence-electron chi connectivity index (χ2n) is 7.79. The van der Waals surface area contributed by atoms with Gasteiger partial charge in [0.1, 0.15) is 0 Å². The Bertz CT molecular complexity index is 1620. The number of pyridine rings is 1. The lowest BCUT2D eigenvalue weighted by Crippen LogP contribution is -2.37. The van der Waals surface area contributed by atoms with E-state index < -0.39 is 47.3 Å². The number of carbonyl (C=O) groups is 1. The number of nitrogens with one attached hydrogen (secondary N) is 1. The van der Waals surface area contributed by atoms with Crippen molar-refractivity contribution in [3.8, 4) is 17.0 Å². The molecule has 1 N–H and O–H groups in total. The highest BCUT2D eigenvalue weighted by Gasteiger charge is 2.30. The maximum Gasteiger partial charge on any atom is 0.422 e. The van der Waals surface area contributed by atoms with Gasteiger partial charge in [0.05, 0.1) is 28.7 Å². The van der Waals surface area contributed by atoms with Crippen LogP contribution in [-0.4, -0.2) is 37.8 Å². The summed E-state index contributed by atoms with van der Waals surface area (Å²) < 4.78 is 71.6. The normalized spacial score (nSPS) is 11.6. The van der Waals surface area contributed by atoms with E-state index in [-0.39, 0.29) is 33.9 Å². The Kier molecular flexibility index (Phi) is 6.82. The molecule has 194 valence electrons. The van der Waals surface area contributed by atoms with Gasteiger partial charge in [0.15, 0.2) is 29.1 Å². The van der Waals surface area contributed by atoms with Crippen molar-refractivity contribution in [1.82, 2.24) is 19.1 Å². The number of thiazole rings is 1. The SMILES string of the molecule is Cn1c(=O)c2c(CC(=O)Nc3nc(-c4cc(F)c(OCC(F)(F)F)c(F)c4)cs3)nccc2n(C)c1=O. The van der Waals surface area contributed by atoms with Crippen molar-refractivity contribution in [3.63, 3.8) is 0 Å². The Morgan fingerprint density at radius 3 is 2.46 bits per heavy atom. The first-order valence-corrected chi connectivity index (χ1v) is 11.2. The van der Waals surface area contributed by atoms with E-state index in [2.05, 4.69) is 20.0 Å². The smallest absolute Gasteiger partial charge is 0.422 e. The number of rotatable bonds is 6. The molecule has 3 aromatic heterocycles. The third kappa shape index (κ3) is 5.35. The van der Waals surface area contributed by atoms with Gasteiger partial charge in [-0.2, -0.15) is 13.2 Å². The van der Waals surface area contributed by atoms with Crippen LogP contribution < -0.4 is 21.3 Å². The molecule has 4 rings (SSSR count). The molecule has 0 aliphatic heterocycles. The summed E-state index contributed by atoms with van der Waals surface area (Å²) in [4.78, 5) is 45.6. The van der Waals surface area contributed by atoms with Crippen LogP contribution in [0.3, 0.4) is 0 Å². The summed E-state index contributed by atoms with van der Waals surface area (Å²) in [5.74, 6) is -4.48. The molecule has 0 saturated carbocycles. The van der Waals surface area contributed by atoms with Crippen molar-refractivity contribution < 1.29 is 31.5 Å². The van der Waals surface area contributed by atoms with Crippen molar-refractivity contribution in [3.05, 3.63) is 67.9 Å². The molecule has 0 unspecified atom stereocenters. The molecule has 4 aromatic rings. The molecule has 0 spiro atoms. The fourth-order valence-corrected chi connectivity index (χ4v) is 4.24. The van der Waals surface area contributed by atoms with Gasteiger partial charge in [-0.1, -0.05) is 0 Å². The molecule has 0 fully saturated rings. The highest BCUT2D eigenvalue weighted by Crippen LogP contribution is 2.32. The second-order valence-corrected chi connectivity index (χ2v) is 8.65. The number of hydrogen-bond donors (Lipinski definition) is 1. The minimum atomic E-state index is -4.77. The number of hydrogen-bond acceptors (Lipinski definition) is 7. The summed E-state index contributed by atoms with van der Waals surface area (Å²) in [6.45, 7) is -1.86. The number of ether oxygens (including phenoxy) is 1. The number of aromatic nitrogens is 4. The molecule has 0 aliphatic rings. The first kappa shape index (κ1) is 25.9. The zero-order valence-electron chi connectivity index (χ0n) is 19.0. The first-order valence-electron chi connectivity index (χ1n) is 10.3. The van der Waals surface area contributed by atoms with Gasteiger partial charge in [-0.05, 0) is 18.2 Å². The van der Waals surface area contributed by atoms with Crippen molar-refractivity contribution in [2.45, 2.75) is 12.6 Å². The standard InChI is InChI=1S/C22H16F5N5O4S/c1-31-15-3-4-28-13(17(15)19(34)32(2)21(31)35)7-16(33)30-20-29-14(8-37-20)10-5-11(23)18(12(24)6-10)36-9-22(25,26)27/h3-6,8H,7,9H2,1-2H3,(H,29,30,33). The monoisotopic (exact) mass is 541 g/mol. The van der Waals surface area contributed by atoms with Gasteiger partial charge < -0.3 is 10.1 Å². The molecule has 1 amide bonds. The van der Waals surface area contributed by atoms with Gasteiger partial charge in [0.2, 0.25) is 5.91 Å². The van der Waals surface area contributed by atoms with Crippen LogP contribution in [-0.2, 0) is 25.3 Å². The van der Waals surface area contributed by atoms with Crippen LogP contribution in [0.5, 0.6) is 5.75 Å². The van der Waals surface area contributed by atoms with Crippen LogP contribution in [0.2, 0.25) is 0 Å². The molecule has 0 bridgehead atoms. The van der Waals surface area contributed by atoms with Crippen molar-refractivity contribution in [2.24, 2.45) is 14.1 Å². The van der Waals surface area contributed by atoms with Crippen molar-refractivity contribution in [2.75, 3.05) is 11.9 Å². The number of benzene rings is 1. The quantitative estimate of drug-likeness (QED) is 0.376. The summed E-state index contributed by atoms with van der Waals surface area (Å²) >= 11 is 0.927. The average Bonchev–Trinajstić information content (AvgIpc) is 3.28. The Labute approximate surface area is 207 Å². The summed E-state index contributed by atoms with van der Waals surface area (Å²) in [6, 6.07) is 3.00. The summed E-state index contributed by atoms with van der Waals surface area (Å²) in [5.41, 5.74) is -0.769. The number of anilines is 1. The van der Waals surface area contributed by atoms with Crippen LogP contribution in [0.25, 0.3) is 22.2 Å². The Morgan fingerprint density at radius 1 is 1.14 bits per heavy atom. The van der Waals surface area contributed by atoms with Crippen molar-refractivity contribution in [1.29, 1.82) is 0 Å². The van der Waals surface area contributed by atoms with E-state index in [0.29, 0.717) is 5.52 Å². The van der Waals surface area contributed by atoms with Crippen molar-refractivity contribution >= 4 is 33.3 Å². The number of aryl methyl sites for hydroxylation is 1. The molecule has 0 atom stereocenters. The largest absolute Gasteiger partial charge is 0.478 e. The van der Waals surface area contributed by atoms with Crippen LogP contribution in [0.1, 0.15) is 5.69 Å². The number of nitrogens with zero attached hydrogens (tertiary/aromatic N) is 4. The number of halogens is 5. The summed E-state index contributed by atoms with van der Waals surface area (Å²) in [6.07, 6.45) is -3.75. The molecular weight excluding hydrogens is 525 g/mol. The van der Waals surface area contributed by atoms with E-state index in [1.165, 1.54) is 36.3 Å². The van der Waals surface area contributed by atoms with E-state index in [1.807, 2.05) is 0 Å². The Balaban J connectivity index is 1.54. The molecule has 0 aliphatic carbocycles. The van der Waals surface area contributed by atoms with E-state index >= 15 is 0 Å². The lowest BCUT2D eigenvalue weighted by Gasteiger charge is -2.11. The van der Waals surface area contributed by atoms with Gasteiger partial charge in [0, 0.05) is 31.2 Å². The van der Waals surface area contributed by atoms with Gasteiger partial charge in [-0.3, -0.25) is 23.7 Å². The Morgan fingerprint density at radius 2 is 1.81 bits per heavy atom. The zero-order chi connectivity index (χ0) is 27.1. The van der Waals surface area contributed by atoms with Crippen LogP contribution in [0, 0.1) is 11.6 Å². The predicted octanol–water partition coefficient (Wildman–Crippen LogP) is 3.16. The first-order chi connectivity index (χ1) is 17.4. The third-order valence-corrected chi connectivity index (χ3v) is 5.97. The summed E-state index contributed by atoms with van der Waals surface area (Å²) in [7, 11) is 2.78. The molecule has 0 saturated heterocycles. The van der Waals surface area contributed by atoms with Gasteiger partial charge in [-0.25, -0.2) is 18.6 Å². The zero-order valence-corrected chi connectivity index (χ0v) is 19.8. The van der Waals surface area contributed by atoms with E-state index in [4.69, 9.17) is 0 Å². The number of carbonyl (C=O) groups excluding carboxylic acids is 1. The minimum absolute atomic E-state index is 0.0487. The highest BCUT2D eigenvalue weighted by atomic mass is 32.1. The fraction of sp³-hybridized carbons (Fsp3) is 0.227. The lowest BCUT2D eigenvalue weighted by molar-refractivity contribution is -0.154. The topological polar surface area (TPSA) is 108 Å². The molecule has 15 heteroatoms. The lowest BCUT2D eigenvalue weighted by atomic mass is 10.1. The van der Waals surface area contributed by atoms with E-state index in [9.17, 15) is 36.3 Å². The molecule has 9 nitrogen and oxygen atoms in total.